The highest BCUT2D eigenvalue weighted by Crippen LogP contribution is 2.39. The third kappa shape index (κ3) is 11.7. The van der Waals surface area contributed by atoms with Gasteiger partial charge in [-0.25, -0.2) is 9.97 Å². The van der Waals surface area contributed by atoms with Gasteiger partial charge in [0, 0.05) is 66.6 Å². The van der Waals surface area contributed by atoms with Gasteiger partial charge in [0.05, 0.1) is 101 Å². The van der Waals surface area contributed by atoms with Crippen molar-refractivity contribution in [2.75, 3.05) is 78.5 Å². The molecule has 0 fully saturated rings. The van der Waals surface area contributed by atoms with Crippen molar-refractivity contribution in [2.45, 2.75) is 109 Å². The minimum Gasteiger partial charge on any atom is -0.354 e. The summed E-state index contributed by atoms with van der Waals surface area (Å²) in [5.74, 6) is 0. The molecule has 8 nitrogen and oxygen atoms in total. The molecule has 0 aliphatic carbocycles. The Morgan fingerprint density at radius 2 is 0.425 bits per heavy atom. The van der Waals surface area contributed by atoms with Crippen molar-refractivity contribution >= 4 is 46.4 Å². The number of aromatic amines is 2. The van der Waals surface area contributed by atoms with Gasteiger partial charge in [-0.05, 0) is 154 Å². The molecule has 0 saturated heterocycles. The van der Waals surface area contributed by atoms with Crippen LogP contribution in [0.25, 0.3) is 90.9 Å². The lowest BCUT2D eigenvalue weighted by Crippen LogP contribution is -2.46. The summed E-state index contributed by atoms with van der Waals surface area (Å²) in [6.07, 6.45) is 8.93. The highest BCUT2D eigenvalue weighted by atomic mass is 15.4. The number of hydrogen-bond acceptors (Lipinski definition) is 2. The smallest absolute Gasteiger partial charge is 0.104 e. The van der Waals surface area contributed by atoms with Gasteiger partial charge in [-0.3, -0.25) is 0 Å². The molecule has 5 heterocycles. The average Bonchev–Trinajstić information content (AvgIpc) is 4.38. The fourth-order valence-electron chi connectivity index (χ4n) is 13.1. The lowest BCUT2D eigenvalue weighted by Gasteiger charge is -2.35. The number of quaternary nitrogens is 4. The Kier molecular flexibility index (Phi) is 18.1. The summed E-state index contributed by atoms with van der Waals surface area (Å²) in [6, 6.07) is 46.4. The van der Waals surface area contributed by atoms with Crippen LogP contribution in [0.3, 0.4) is 0 Å². The largest absolute Gasteiger partial charge is 0.354 e. The van der Waals surface area contributed by atoms with Gasteiger partial charge in [0.2, 0.25) is 0 Å². The summed E-state index contributed by atoms with van der Waals surface area (Å²) in [7, 11) is 0. The van der Waals surface area contributed by atoms with Gasteiger partial charge >= 0.3 is 0 Å². The number of fused-ring (bicyclic) bond motifs is 8. The van der Waals surface area contributed by atoms with Crippen molar-refractivity contribution in [2.24, 2.45) is 0 Å². The number of nitrogens with zero attached hydrogens (tertiary/aromatic N) is 6. The van der Waals surface area contributed by atoms with E-state index in [4.69, 9.17) is 9.97 Å². The van der Waals surface area contributed by atoms with Crippen LogP contribution in [0.2, 0.25) is 0 Å². The zero-order chi connectivity index (χ0) is 56.7. The highest BCUT2D eigenvalue weighted by Gasteiger charge is 2.26. The topological polar surface area (TPSA) is 57.4 Å². The molecule has 0 radical (unpaired) electrons. The van der Waals surface area contributed by atoms with E-state index in [2.05, 4.69) is 239 Å². The Hall–Kier alpha value is -6.68. The molecule has 0 atom stereocenters. The van der Waals surface area contributed by atoms with Crippen LogP contribution in [0.1, 0.15) is 128 Å². The maximum absolute atomic E-state index is 5.70. The molecule has 0 amide bonds. The molecule has 2 N–H and O–H groups in total. The second-order valence-electron chi connectivity index (χ2n) is 23.1. The van der Waals surface area contributed by atoms with Crippen molar-refractivity contribution in [3.05, 3.63) is 166 Å². The molecule has 80 heavy (non-hydrogen) atoms. The predicted octanol–water partition coefficient (Wildman–Crippen LogP) is 16.8. The van der Waals surface area contributed by atoms with Crippen molar-refractivity contribution in [1.82, 2.24) is 19.9 Å². The highest BCUT2D eigenvalue weighted by molar-refractivity contribution is 5.99. The number of benzene rings is 4. The van der Waals surface area contributed by atoms with Crippen LogP contribution in [0, 0.1) is 0 Å². The molecule has 4 aromatic carbocycles. The third-order valence-corrected chi connectivity index (χ3v) is 19.8. The van der Waals surface area contributed by atoms with Crippen molar-refractivity contribution in [1.29, 1.82) is 0 Å². The van der Waals surface area contributed by atoms with E-state index in [1.807, 2.05) is 0 Å². The van der Waals surface area contributed by atoms with Gasteiger partial charge in [0.25, 0.3) is 0 Å². The molecule has 0 spiro atoms. The Bertz CT molecular complexity index is 2960. The number of hydrogen-bond donors (Lipinski definition) is 2. The van der Waals surface area contributed by atoms with Crippen molar-refractivity contribution in [3.8, 4) is 44.5 Å². The quantitative estimate of drug-likeness (QED) is 0.0593. The summed E-state index contributed by atoms with van der Waals surface area (Å²) in [6.45, 7) is 45.3. The standard InChI is InChI=1S/C72H94N8/c1-13-77(14-2,15-3)49-53-25-33-57(34-26-53)69-61-41-43-63(73-61)70(58-35-27-54(28-36-58)50-78(16-4,17-5)18-6)65-45-47-67(75-65)72(60-39-31-56(32-40-60)52-80(22-10,23-11)24-12)68-48-46-66(76-68)71(64-44-42-62(69)74-64)59-37-29-55(30-38-59)51-79(19-7,20-8)21-9/h25-48,73,76H,13-24,49-52H2,1-12H3/q+4. The number of rotatable bonds is 24. The minimum absolute atomic E-state index is 0.930. The van der Waals surface area contributed by atoms with E-state index in [1.165, 1.54) is 22.3 Å². The summed E-state index contributed by atoms with van der Waals surface area (Å²) < 4.78 is 4.26. The summed E-state index contributed by atoms with van der Waals surface area (Å²) in [5, 5.41) is 0. The summed E-state index contributed by atoms with van der Waals surface area (Å²) >= 11 is 0. The predicted molar refractivity (Wildman–Crippen MR) is 343 cm³/mol. The van der Waals surface area contributed by atoms with Crippen molar-refractivity contribution in [3.63, 3.8) is 0 Å². The normalized spacial score (nSPS) is 12.9. The molecule has 8 bridgehead atoms. The van der Waals surface area contributed by atoms with E-state index >= 15 is 0 Å². The van der Waals surface area contributed by atoms with Crippen LogP contribution in [0.4, 0.5) is 0 Å². The maximum Gasteiger partial charge on any atom is 0.104 e. The molecule has 3 aromatic heterocycles. The minimum atomic E-state index is 0.930. The Balaban J connectivity index is 1.33. The molecule has 2 aliphatic rings. The monoisotopic (exact) mass is 1070 g/mol. The number of aromatic nitrogens is 4. The van der Waals surface area contributed by atoms with Gasteiger partial charge in [0.1, 0.15) is 26.2 Å². The van der Waals surface area contributed by atoms with Gasteiger partial charge in [-0.2, -0.15) is 0 Å². The summed E-state index contributed by atoms with van der Waals surface area (Å²) in [4.78, 5) is 19.5. The van der Waals surface area contributed by atoms with Crippen LogP contribution in [0.5, 0.6) is 0 Å². The average molecular weight is 1070 g/mol. The summed E-state index contributed by atoms with van der Waals surface area (Å²) in [5.41, 5.74) is 22.0. The Labute approximate surface area is 480 Å². The molecule has 2 aliphatic heterocycles. The Morgan fingerprint density at radius 3 is 0.588 bits per heavy atom. The zero-order valence-electron chi connectivity index (χ0n) is 50.9. The van der Waals surface area contributed by atoms with Crippen LogP contribution in [-0.2, 0) is 26.2 Å². The molecule has 418 valence electrons. The van der Waals surface area contributed by atoms with Crippen LogP contribution >= 0.6 is 0 Å². The van der Waals surface area contributed by atoms with Crippen molar-refractivity contribution < 1.29 is 17.9 Å². The van der Waals surface area contributed by atoms with Gasteiger partial charge in [-0.15, -0.1) is 0 Å². The third-order valence-electron chi connectivity index (χ3n) is 19.8. The molecule has 9 rings (SSSR count). The molecular weight excluding hydrogens is 977 g/mol. The van der Waals surface area contributed by atoms with Crippen LogP contribution < -0.4 is 0 Å². The first-order valence-corrected chi connectivity index (χ1v) is 30.8. The van der Waals surface area contributed by atoms with Gasteiger partial charge < -0.3 is 27.9 Å². The first-order valence-electron chi connectivity index (χ1n) is 30.8. The van der Waals surface area contributed by atoms with E-state index in [-0.39, 0.29) is 0 Å². The van der Waals surface area contributed by atoms with Gasteiger partial charge in [-0.1, -0.05) is 97.1 Å². The maximum atomic E-state index is 5.70. The lowest BCUT2D eigenvalue weighted by atomic mass is 10.0. The number of H-pyrrole nitrogens is 2. The molecule has 0 saturated carbocycles. The van der Waals surface area contributed by atoms with Crippen LogP contribution in [-0.4, -0.2) is 116 Å². The fourth-order valence-corrected chi connectivity index (χ4v) is 13.1. The number of nitrogens with one attached hydrogen (secondary N) is 2. The lowest BCUT2D eigenvalue weighted by molar-refractivity contribution is -0.936. The molecule has 0 unspecified atom stereocenters. The fraction of sp³-hybridized carbons (Fsp3) is 0.389. The second kappa shape index (κ2) is 25.0. The van der Waals surface area contributed by atoms with E-state index in [1.54, 1.807) is 0 Å². The Morgan fingerprint density at radius 1 is 0.250 bits per heavy atom. The first-order chi connectivity index (χ1) is 38.8. The van der Waals surface area contributed by atoms with E-state index in [9.17, 15) is 0 Å². The van der Waals surface area contributed by atoms with Crippen LogP contribution in [0.15, 0.2) is 121 Å². The molecule has 7 aromatic rings. The first kappa shape index (κ1) is 58.0. The molecular formula is C72H94N8+4. The van der Waals surface area contributed by atoms with E-state index in [0.717, 1.165) is 212 Å². The van der Waals surface area contributed by atoms with E-state index < -0.39 is 0 Å². The SMILES string of the molecule is CC[N+](CC)(CC)Cc1ccc(-c2c3nc(c(-c4ccc(C[N+](CC)(CC)CC)cc4)c4ccc([nH]4)c(-c4ccc(C[N+](CC)(CC)CC)cc4)c4nc(c(-c5ccc(C[N+](CC)(CC)CC)cc5)c5ccc2[nH]5)C=C4)C=C3)cc1. The van der Waals surface area contributed by atoms with Gasteiger partial charge in [0.15, 0.2) is 0 Å². The zero-order valence-corrected chi connectivity index (χ0v) is 50.9. The molecule has 8 heteroatoms. The van der Waals surface area contributed by atoms with E-state index in [0.29, 0.717) is 0 Å². The second-order valence-corrected chi connectivity index (χ2v) is 23.1.